The molecule has 0 spiro atoms. The van der Waals surface area contributed by atoms with Crippen LogP contribution in [0.5, 0.6) is 0 Å². The summed E-state index contributed by atoms with van der Waals surface area (Å²) in [6, 6.07) is 16.0. The summed E-state index contributed by atoms with van der Waals surface area (Å²) in [5.74, 6) is -1.49. The van der Waals surface area contributed by atoms with Gasteiger partial charge in [-0.2, -0.15) is 0 Å². The van der Waals surface area contributed by atoms with Gasteiger partial charge in [-0.15, -0.1) is 0 Å². The number of amides is 4. The standard InChI is InChI=1S/C32H45N5O6/c1-32(2,3)36-30(41)26-16-10-11-17-37(26)20-27(38)25(18-22-12-6-4-7-13-22)34-29(40)24(33)19-28(39)35-31(42)43-21-23-14-8-5-9-15-23/h4-9,12-15,24-27,38H,10-11,16-21,33H2,1-3H3,(H,34,40)(H,36,41)(H,35,39,42)/t24-,25?,26-,27?/m0/s1. The largest absolute Gasteiger partial charge is 0.444 e. The monoisotopic (exact) mass is 595 g/mol. The third-order valence-corrected chi connectivity index (χ3v) is 7.12. The Balaban J connectivity index is 1.60. The molecule has 3 rings (SSSR count). The Morgan fingerprint density at radius 1 is 1.00 bits per heavy atom. The molecule has 11 nitrogen and oxygen atoms in total. The van der Waals surface area contributed by atoms with E-state index < -0.39 is 42.5 Å². The van der Waals surface area contributed by atoms with Crippen LogP contribution in [0.15, 0.2) is 60.7 Å². The van der Waals surface area contributed by atoms with Crippen LogP contribution < -0.4 is 21.7 Å². The van der Waals surface area contributed by atoms with E-state index in [0.717, 1.165) is 24.0 Å². The molecule has 2 unspecified atom stereocenters. The number of benzene rings is 2. The number of hydrogen-bond donors (Lipinski definition) is 5. The highest BCUT2D eigenvalue weighted by Crippen LogP contribution is 2.20. The first-order valence-electron chi connectivity index (χ1n) is 14.8. The molecular formula is C32H45N5O6. The molecule has 1 aliphatic rings. The van der Waals surface area contributed by atoms with E-state index in [2.05, 4.69) is 16.0 Å². The summed E-state index contributed by atoms with van der Waals surface area (Å²) in [5.41, 5.74) is 7.30. The number of aliphatic hydroxyl groups excluding tert-OH is 1. The number of ether oxygens (including phenoxy) is 1. The molecule has 1 heterocycles. The fraction of sp³-hybridized carbons (Fsp3) is 0.500. The number of likely N-dealkylation sites (tertiary alicyclic amines) is 1. The fourth-order valence-corrected chi connectivity index (χ4v) is 4.98. The van der Waals surface area contributed by atoms with Gasteiger partial charge in [0.1, 0.15) is 6.61 Å². The maximum Gasteiger partial charge on any atom is 0.414 e. The fourth-order valence-electron chi connectivity index (χ4n) is 4.98. The van der Waals surface area contributed by atoms with Gasteiger partial charge < -0.3 is 26.2 Å². The summed E-state index contributed by atoms with van der Waals surface area (Å²) in [6.45, 7) is 6.58. The van der Waals surface area contributed by atoms with Crippen LogP contribution in [0.25, 0.3) is 0 Å². The van der Waals surface area contributed by atoms with E-state index in [1.54, 1.807) is 24.3 Å². The van der Waals surface area contributed by atoms with E-state index in [1.807, 2.05) is 62.1 Å². The van der Waals surface area contributed by atoms with Gasteiger partial charge in [0.05, 0.1) is 30.7 Å². The van der Waals surface area contributed by atoms with E-state index in [9.17, 15) is 24.3 Å². The molecule has 11 heteroatoms. The molecule has 0 aromatic heterocycles. The molecule has 1 aliphatic heterocycles. The number of nitrogens with one attached hydrogen (secondary N) is 3. The lowest BCUT2D eigenvalue weighted by molar-refractivity contribution is -0.130. The quantitative estimate of drug-likeness (QED) is 0.249. The number of aliphatic hydroxyl groups is 1. The van der Waals surface area contributed by atoms with Gasteiger partial charge in [-0.1, -0.05) is 67.1 Å². The van der Waals surface area contributed by atoms with Gasteiger partial charge in [-0.3, -0.25) is 24.6 Å². The lowest BCUT2D eigenvalue weighted by atomic mass is 9.96. The third kappa shape index (κ3) is 11.8. The minimum absolute atomic E-state index is 0.0126. The van der Waals surface area contributed by atoms with Crippen LogP contribution >= 0.6 is 0 Å². The summed E-state index contributed by atoms with van der Waals surface area (Å²) < 4.78 is 5.05. The van der Waals surface area contributed by atoms with Crippen molar-refractivity contribution in [1.29, 1.82) is 0 Å². The second-order valence-corrected chi connectivity index (χ2v) is 12.0. The minimum atomic E-state index is -1.27. The molecule has 0 saturated carbocycles. The number of nitrogens with two attached hydrogens (primary N) is 1. The van der Waals surface area contributed by atoms with Crippen molar-refractivity contribution < 1.29 is 29.0 Å². The summed E-state index contributed by atoms with van der Waals surface area (Å²) in [4.78, 5) is 52.5. The van der Waals surface area contributed by atoms with Crippen LogP contribution in [0, 0.1) is 0 Å². The van der Waals surface area contributed by atoms with Crippen LogP contribution in [0.4, 0.5) is 4.79 Å². The topological polar surface area (TPSA) is 163 Å². The summed E-state index contributed by atoms with van der Waals surface area (Å²) in [7, 11) is 0. The van der Waals surface area contributed by atoms with Gasteiger partial charge >= 0.3 is 6.09 Å². The van der Waals surface area contributed by atoms with Gasteiger partial charge in [-0.05, 0) is 57.7 Å². The highest BCUT2D eigenvalue weighted by Gasteiger charge is 2.34. The maximum atomic E-state index is 13.1. The average molecular weight is 596 g/mol. The number of carbonyl (C=O) groups excluding carboxylic acids is 4. The summed E-state index contributed by atoms with van der Waals surface area (Å²) >= 11 is 0. The van der Waals surface area contributed by atoms with Gasteiger partial charge in [0.2, 0.25) is 17.7 Å². The van der Waals surface area contributed by atoms with Crippen molar-refractivity contribution >= 4 is 23.8 Å². The van der Waals surface area contributed by atoms with E-state index in [-0.39, 0.29) is 30.6 Å². The average Bonchev–Trinajstić information content (AvgIpc) is 2.96. The molecule has 4 atom stereocenters. The van der Waals surface area contributed by atoms with Gasteiger partial charge in [0.25, 0.3) is 0 Å². The van der Waals surface area contributed by atoms with E-state index >= 15 is 0 Å². The number of alkyl carbamates (subject to hydrolysis) is 1. The first kappa shape index (κ1) is 33.7. The Bertz CT molecular complexity index is 1200. The highest BCUT2D eigenvalue weighted by molar-refractivity contribution is 5.95. The van der Waals surface area contributed by atoms with Crippen molar-refractivity contribution in [2.24, 2.45) is 5.73 Å². The first-order valence-corrected chi connectivity index (χ1v) is 14.8. The van der Waals surface area contributed by atoms with E-state index in [0.29, 0.717) is 19.4 Å². The summed E-state index contributed by atoms with van der Waals surface area (Å²) in [5, 5.41) is 19.3. The van der Waals surface area contributed by atoms with Crippen molar-refractivity contribution in [3.8, 4) is 0 Å². The second kappa shape index (κ2) is 16.2. The van der Waals surface area contributed by atoms with Crippen LogP contribution in [-0.2, 0) is 32.1 Å². The molecule has 4 amide bonds. The number of nitrogens with zero attached hydrogens (tertiary/aromatic N) is 1. The predicted octanol–water partition coefficient (Wildman–Crippen LogP) is 2.01. The zero-order chi connectivity index (χ0) is 31.4. The Kier molecular flexibility index (Phi) is 12.7. The van der Waals surface area contributed by atoms with Gasteiger partial charge in [0.15, 0.2) is 0 Å². The third-order valence-electron chi connectivity index (χ3n) is 7.12. The molecule has 6 N–H and O–H groups in total. The Morgan fingerprint density at radius 2 is 1.63 bits per heavy atom. The highest BCUT2D eigenvalue weighted by atomic mass is 16.5. The zero-order valence-electron chi connectivity index (χ0n) is 25.3. The zero-order valence-corrected chi connectivity index (χ0v) is 25.3. The molecule has 2 aromatic rings. The second-order valence-electron chi connectivity index (χ2n) is 12.0. The number of carbonyl (C=O) groups is 4. The number of rotatable bonds is 12. The van der Waals surface area contributed by atoms with Gasteiger partial charge in [0, 0.05) is 12.1 Å². The molecular weight excluding hydrogens is 550 g/mol. The van der Waals surface area contributed by atoms with Crippen LogP contribution in [-0.4, -0.2) is 76.7 Å². The number of β-amino-alcohol motifs (C(OH)–C–C–N with tert-alkyl or cyclic N) is 1. The van der Waals surface area contributed by atoms with Crippen molar-refractivity contribution in [1.82, 2.24) is 20.9 Å². The van der Waals surface area contributed by atoms with Crippen molar-refractivity contribution in [3.05, 3.63) is 71.8 Å². The van der Waals surface area contributed by atoms with Crippen LogP contribution in [0.2, 0.25) is 0 Å². The number of imide groups is 1. The smallest absolute Gasteiger partial charge is 0.414 e. The molecule has 0 bridgehead atoms. The van der Waals surface area contributed by atoms with Crippen molar-refractivity contribution in [2.45, 2.75) is 89.3 Å². The lowest BCUT2D eigenvalue weighted by Crippen LogP contribution is -2.58. The molecule has 1 saturated heterocycles. The molecule has 2 aromatic carbocycles. The Morgan fingerprint density at radius 3 is 2.26 bits per heavy atom. The van der Waals surface area contributed by atoms with Crippen LogP contribution in [0.1, 0.15) is 57.6 Å². The summed E-state index contributed by atoms with van der Waals surface area (Å²) in [6.07, 6.45) is 0.377. The van der Waals surface area contributed by atoms with E-state index in [1.165, 1.54) is 0 Å². The molecule has 0 radical (unpaired) electrons. The Labute approximate surface area is 253 Å². The van der Waals surface area contributed by atoms with Crippen molar-refractivity contribution in [2.75, 3.05) is 13.1 Å². The Hall–Kier alpha value is -3.80. The SMILES string of the molecule is CC(C)(C)NC(=O)[C@@H]1CCCCN1CC(O)C(Cc1ccccc1)NC(=O)[C@@H](N)CC(=O)NC(=O)OCc1ccccc1. The van der Waals surface area contributed by atoms with Crippen molar-refractivity contribution in [3.63, 3.8) is 0 Å². The lowest BCUT2D eigenvalue weighted by Gasteiger charge is -2.38. The van der Waals surface area contributed by atoms with Crippen LogP contribution in [0.3, 0.4) is 0 Å². The normalized spacial score (nSPS) is 17.7. The van der Waals surface area contributed by atoms with E-state index in [4.69, 9.17) is 10.5 Å². The predicted molar refractivity (Wildman–Crippen MR) is 163 cm³/mol. The van der Waals surface area contributed by atoms with Gasteiger partial charge in [-0.25, -0.2) is 4.79 Å². The number of piperidine rings is 1. The molecule has 43 heavy (non-hydrogen) atoms. The molecule has 0 aliphatic carbocycles. The first-order chi connectivity index (χ1) is 20.4. The molecule has 234 valence electrons. The number of hydrogen-bond acceptors (Lipinski definition) is 8. The minimum Gasteiger partial charge on any atom is -0.444 e. The molecule has 1 fully saturated rings. The maximum absolute atomic E-state index is 13.1.